The van der Waals surface area contributed by atoms with Crippen molar-refractivity contribution in [2.45, 2.75) is 47.1 Å². The number of anilines is 1. The molecule has 1 aliphatic heterocycles. The molecule has 5 heteroatoms. The van der Waals surface area contributed by atoms with Crippen molar-refractivity contribution in [2.24, 2.45) is 16.8 Å². The minimum absolute atomic E-state index is 0.0435. The van der Waals surface area contributed by atoms with E-state index < -0.39 is 12.0 Å². The van der Waals surface area contributed by atoms with Crippen molar-refractivity contribution < 1.29 is 14.7 Å². The van der Waals surface area contributed by atoms with Gasteiger partial charge in [0.05, 0.1) is 11.3 Å². The third-order valence-electron chi connectivity index (χ3n) is 4.07. The molecule has 0 bridgehead atoms. The second-order valence-corrected chi connectivity index (χ2v) is 7.24. The lowest BCUT2D eigenvalue weighted by Gasteiger charge is -2.27. The molecule has 0 saturated carbocycles. The van der Waals surface area contributed by atoms with Crippen molar-refractivity contribution in [3.05, 3.63) is 29.3 Å². The van der Waals surface area contributed by atoms with Crippen LogP contribution in [0.2, 0.25) is 0 Å². The smallest absolute Gasteiger partial charge is 0.335 e. The van der Waals surface area contributed by atoms with Crippen LogP contribution in [0.3, 0.4) is 0 Å². The van der Waals surface area contributed by atoms with Crippen LogP contribution in [0.15, 0.2) is 23.2 Å². The first-order valence-electron chi connectivity index (χ1n) is 8.44. The number of carbonyl (C=O) groups is 2. The van der Waals surface area contributed by atoms with Gasteiger partial charge in [0.15, 0.2) is 0 Å². The molecule has 0 aromatic heterocycles. The highest BCUT2D eigenvalue weighted by molar-refractivity contribution is 6.12. The van der Waals surface area contributed by atoms with Crippen LogP contribution in [0.4, 0.5) is 5.69 Å². The van der Waals surface area contributed by atoms with Crippen LogP contribution in [-0.2, 0) is 4.79 Å². The van der Waals surface area contributed by atoms with E-state index in [2.05, 4.69) is 18.8 Å². The lowest BCUT2D eigenvalue weighted by Crippen LogP contribution is -2.40. The van der Waals surface area contributed by atoms with Crippen molar-refractivity contribution in [3.63, 3.8) is 0 Å². The number of carboxylic acids is 1. The number of hydrogen-bond donors (Lipinski definition) is 1. The van der Waals surface area contributed by atoms with Gasteiger partial charge in [0.1, 0.15) is 6.04 Å². The van der Waals surface area contributed by atoms with Gasteiger partial charge in [-0.3, -0.25) is 9.79 Å². The molecule has 0 radical (unpaired) electrons. The van der Waals surface area contributed by atoms with Crippen molar-refractivity contribution in [2.75, 3.05) is 11.4 Å². The van der Waals surface area contributed by atoms with E-state index in [-0.39, 0.29) is 17.4 Å². The fourth-order valence-corrected chi connectivity index (χ4v) is 3.00. The molecule has 1 aliphatic rings. The third-order valence-corrected chi connectivity index (χ3v) is 4.07. The molecule has 1 N–H and O–H groups in total. The Labute approximate surface area is 143 Å². The zero-order chi connectivity index (χ0) is 18.0. The van der Waals surface area contributed by atoms with E-state index in [0.717, 1.165) is 11.3 Å². The van der Waals surface area contributed by atoms with Crippen LogP contribution in [0, 0.1) is 11.8 Å². The van der Waals surface area contributed by atoms with Crippen molar-refractivity contribution in [3.8, 4) is 0 Å². The van der Waals surface area contributed by atoms with Gasteiger partial charge in [-0.1, -0.05) is 33.8 Å². The molecule has 5 nitrogen and oxygen atoms in total. The first-order chi connectivity index (χ1) is 11.2. The zero-order valence-electron chi connectivity index (χ0n) is 15.0. The Balaban J connectivity index is 2.58. The van der Waals surface area contributed by atoms with Gasteiger partial charge >= 0.3 is 5.97 Å². The van der Waals surface area contributed by atoms with Gasteiger partial charge < -0.3 is 10.0 Å². The van der Waals surface area contributed by atoms with E-state index in [1.807, 2.05) is 20.8 Å². The molecule has 1 heterocycles. The lowest BCUT2D eigenvalue weighted by atomic mass is 10.0. The molecule has 1 amide bonds. The molecular weight excluding hydrogens is 304 g/mol. The summed E-state index contributed by atoms with van der Waals surface area (Å²) in [6.07, 6.45) is 0.685. The van der Waals surface area contributed by atoms with E-state index in [1.165, 1.54) is 0 Å². The number of aliphatic imine (C=N–C) groups is 1. The molecule has 1 aromatic carbocycles. The summed E-state index contributed by atoms with van der Waals surface area (Å²) in [5.74, 6) is -0.411. The average molecular weight is 330 g/mol. The Morgan fingerprint density at radius 1 is 1.25 bits per heavy atom. The number of rotatable bonds is 5. The van der Waals surface area contributed by atoms with Crippen LogP contribution in [0.1, 0.15) is 57.0 Å². The second-order valence-electron chi connectivity index (χ2n) is 7.24. The zero-order valence-corrected chi connectivity index (χ0v) is 15.0. The maximum atomic E-state index is 13.1. The highest BCUT2D eigenvalue weighted by Gasteiger charge is 2.31. The summed E-state index contributed by atoms with van der Waals surface area (Å²) < 4.78 is 0. The summed E-state index contributed by atoms with van der Waals surface area (Å²) >= 11 is 0. The largest absolute Gasteiger partial charge is 0.478 e. The van der Waals surface area contributed by atoms with Gasteiger partial charge in [-0.2, -0.15) is 0 Å². The predicted octanol–water partition coefficient (Wildman–Crippen LogP) is 3.61. The summed E-state index contributed by atoms with van der Waals surface area (Å²) in [4.78, 5) is 30.8. The molecule has 0 spiro atoms. The number of carbonyl (C=O) groups excluding carboxylic acids is 1. The van der Waals surface area contributed by atoms with E-state index in [0.29, 0.717) is 24.6 Å². The maximum Gasteiger partial charge on any atom is 0.335 e. The maximum absolute atomic E-state index is 13.1. The monoisotopic (exact) mass is 330 g/mol. The number of amides is 1. The number of fused-ring (bicyclic) bond motifs is 1. The SMILES string of the molecule is CC1=N[C@H](CC(C)C)C(=O)N(CC(C)C)c2cc(C(=O)O)ccc21. The minimum Gasteiger partial charge on any atom is -0.478 e. The van der Waals surface area contributed by atoms with E-state index >= 15 is 0 Å². The lowest BCUT2D eigenvalue weighted by molar-refractivity contribution is -0.120. The van der Waals surface area contributed by atoms with Gasteiger partial charge in [-0.05, 0) is 37.3 Å². The van der Waals surface area contributed by atoms with Gasteiger partial charge in [0.25, 0.3) is 5.91 Å². The molecule has 0 unspecified atom stereocenters. The number of aromatic carboxylic acids is 1. The highest BCUT2D eigenvalue weighted by Crippen LogP contribution is 2.30. The van der Waals surface area contributed by atoms with Crippen LogP contribution in [0.5, 0.6) is 0 Å². The van der Waals surface area contributed by atoms with E-state index in [9.17, 15) is 14.7 Å². The van der Waals surface area contributed by atoms with E-state index in [4.69, 9.17) is 0 Å². The number of nitrogens with zero attached hydrogens (tertiary/aromatic N) is 2. The first kappa shape index (κ1) is 18.2. The Hall–Kier alpha value is -2.17. The molecular formula is C19H26N2O3. The van der Waals surface area contributed by atoms with Crippen molar-refractivity contribution in [1.29, 1.82) is 0 Å². The topological polar surface area (TPSA) is 70.0 Å². The number of carboxylic acid groups (broad SMARTS) is 1. The minimum atomic E-state index is -0.993. The first-order valence-corrected chi connectivity index (χ1v) is 8.44. The molecule has 1 atom stereocenters. The standard InChI is InChI=1S/C19H26N2O3/c1-11(2)8-16-18(22)21(10-12(3)4)17-9-14(19(23)24)6-7-15(17)13(5)20-16/h6-7,9,11-12,16H,8,10H2,1-5H3,(H,23,24)/t16-/m1/s1. The molecule has 2 rings (SSSR count). The molecule has 1 aromatic rings. The van der Waals surface area contributed by atoms with E-state index in [1.54, 1.807) is 23.1 Å². The van der Waals surface area contributed by atoms with Crippen molar-refractivity contribution >= 4 is 23.3 Å². The second kappa shape index (κ2) is 7.16. The highest BCUT2D eigenvalue weighted by atomic mass is 16.4. The average Bonchev–Trinajstić information content (AvgIpc) is 2.57. The fourth-order valence-electron chi connectivity index (χ4n) is 3.00. The van der Waals surface area contributed by atoms with Gasteiger partial charge in [0, 0.05) is 17.8 Å². The number of benzodiazepines with no additional fused rings is 1. The summed E-state index contributed by atoms with van der Waals surface area (Å²) in [7, 11) is 0. The summed E-state index contributed by atoms with van der Waals surface area (Å²) in [6.45, 7) is 10.7. The Bertz CT molecular complexity index is 677. The Morgan fingerprint density at radius 3 is 2.46 bits per heavy atom. The fraction of sp³-hybridized carbons (Fsp3) is 0.526. The third kappa shape index (κ3) is 3.83. The molecule has 0 saturated heterocycles. The summed E-state index contributed by atoms with van der Waals surface area (Å²) in [6, 6.07) is 4.51. The normalized spacial score (nSPS) is 17.8. The van der Waals surface area contributed by atoms with Gasteiger partial charge in [-0.15, -0.1) is 0 Å². The Morgan fingerprint density at radius 2 is 1.92 bits per heavy atom. The molecule has 130 valence electrons. The number of hydrogen-bond acceptors (Lipinski definition) is 3. The molecule has 0 aliphatic carbocycles. The van der Waals surface area contributed by atoms with Gasteiger partial charge in [0.2, 0.25) is 0 Å². The van der Waals surface area contributed by atoms with Crippen LogP contribution < -0.4 is 4.90 Å². The van der Waals surface area contributed by atoms with Crippen LogP contribution >= 0.6 is 0 Å². The Kier molecular flexibility index (Phi) is 5.42. The summed E-state index contributed by atoms with van der Waals surface area (Å²) in [5.41, 5.74) is 2.46. The predicted molar refractivity (Wildman–Crippen MR) is 96.0 cm³/mol. The van der Waals surface area contributed by atoms with Crippen molar-refractivity contribution in [1.82, 2.24) is 0 Å². The van der Waals surface area contributed by atoms with Crippen LogP contribution in [-0.4, -0.2) is 35.3 Å². The van der Waals surface area contributed by atoms with Crippen LogP contribution in [0.25, 0.3) is 0 Å². The van der Waals surface area contributed by atoms with Gasteiger partial charge in [-0.25, -0.2) is 4.79 Å². The molecule has 24 heavy (non-hydrogen) atoms. The molecule has 0 fully saturated rings. The number of benzene rings is 1. The summed E-state index contributed by atoms with van der Waals surface area (Å²) in [5, 5.41) is 9.29. The quantitative estimate of drug-likeness (QED) is 0.896.